The Morgan fingerprint density at radius 3 is 2.06 bits per heavy atom. The maximum Gasteiger partial charge on any atom is 0.122 e. The van der Waals surface area contributed by atoms with Crippen LogP contribution in [0, 0.1) is 6.08 Å². The molecule has 1 aromatic rings. The second kappa shape index (κ2) is 10.9. The molecule has 0 aromatic heterocycles. The molecule has 0 unspecified atom stereocenters. The fraction of sp³-hybridized carbons (Fsp3) is 0.333. The third-order valence-electron chi connectivity index (χ3n) is 2.01. The summed E-state index contributed by atoms with van der Waals surface area (Å²) in [6, 6.07) is 7.67. The van der Waals surface area contributed by atoms with E-state index in [2.05, 4.69) is 12.2 Å². The van der Waals surface area contributed by atoms with Gasteiger partial charge in [0, 0.05) is 23.1 Å². The number of hydrogen-bond donors (Lipinski definition) is 0. The van der Waals surface area contributed by atoms with E-state index in [0.717, 1.165) is 17.9 Å². The summed E-state index contributed by atoms with van der Waals surface area (Å²) in [5.41, 5.74) is 0. The molecule has 1 aliphatic rings. The zero-order chi connectivity index (χ0) is 12.3. The van der Waals surface area contributed by atoms with Crippen molar-refractivity contribution >= 4 is 0 Å². The Morgan fingerprint density at radius 1 is 1.11 bits per heavy atom. The number of hydrogen-bond acceptors (Lipinski definition) is 2. The summed E-state index contributed by atoms with van der Waals surface area (Å²) in [6.07, 6.45) is 10.0. The molecular weight excluding hydrogens is 268 g/mol. The standard InChI is InChI=1S/C10H14O2.C5H5.Fe/c1-3-11-9-6-5-7-10(8-9)12-4-2;1-2-4-5-3-1;/h5-8H,3-4H2,1-2H3;1-3H,4H2;/q;-1;. The molecule has 0 saturated carbocycles. The molecule has 0 fully saturated rings. The van der Waals surface area contributed by atoms with Crippen molar-refractivity contribution in [3.8, 4) is 11.5 Å². The van der Waals surface area contributed by atoms with Crippen molar-refractivity contribution < 1.29 is 26.5 Å². The summed E-state index contributed by atoms with van der Waals surface area (Å²) in [7, 11) is 0. The Balaban J connectivity index is 0.000000405. The first-order valence-electron chi connectivity index (χ1n) is 5.94. The van der Waals surface area contributed by atoms with Crippen LogP contribution in [0.25, 0.3) is 0 Å². The third-order valence-corrected chi connectivity index (χ3v) is 2.01. The van der Waals surface area contributed by atoms with Crippen LogP contribution in [-0.4, -0.2) is 13.2 Å². The average molecular weight is 287 g/mol. The molecule has 1 aromatic carbocycles. The predicted octanol–water partition coefficient (Wildman–Crippen LogP) is 3.79. The third kappa shape index (κ3) is 7.20. The molecule has 0 radical (unpaired) electrons. The Labute approximate surface area is 120 Å². The Bertz CT molecular complexity index is 341. The summed E-state index contributed by atoms with van der Waals surface area (Å²) < 4.78 is 10.6. The Hall–Kier alpha value is -1.18. The molecule has 0 bridgehead atoms. The summed E-state index contributed by atoms with van der Waals surface area (Å²) in [5, 5.41) is 0. The number of rotatable bonds is 4. The SMILES string of the molecule is CCOc1cccc(OCC)c1.[C-]1=CC=CC1.[Fe]. The average Bonchev–Trinajstić information content (AvgIpc) is 2.89. The van der Waals surface area contributed by atoms with Gasteiger partial charge >= 0.3 is 0 Å². The van der Waals surface area contributed by atoms with E-state index in [0.29, 0.717) is 13.2 Å². The van der Waals surface area contributed by atoms with Crippen molar-refractivity contribution in [1.29, 1.82) is 0 Å². The van der Waals surface area contributed by atoms with Gasteiger partial charge in [-0.25, -0.2) is 12.2 Å². The quantitative estimate of drug-likeness (QED) is 0.619. The van der Waals surface area contributed by atoms with Gasteiger partial charge in [-0.15, -0.1) is 6.42 Å². The topological polar surface area (TPSA) is 18.5 Å². The fourth-order valence-corrected chi connectivity index (χ4v) is 1.33. The monoisotopic (exact) mass is 287 g/mol. The number of allylic oxidation sites excluding steroid dienone is 4. The van der Waals surface area contributed by atoms with Crippen molar-refractivity contribution in [3.05, 3.63) is 48.6 Å². The van der Waals surface area contributed by atoms with Crippen molar-refractivity contribution in [1.82, 2.24) is 0 Å². The Morgan fingerprint density at radius 2 is 1.72 bits per heavy atom. The first-order chi connectivity index (χ1) is 8.36. The molecule has 0 N–H and O–H groups in total. The van der Waals surface area contributed by atoms with Crippen molar-refractivity contribution in [2.24, 2.45) is 0 Å². The minimum atomic E-state index is 0. The molecule has 0 saturated heterocycles. The van der Waals surface area contributed by atoms with Gasteiger partial charge in [0.2, 0.25) is 0 Å². The van der Waals surface area contributed by atoms with Crippen LogP contribution in [0.5, 0.6) is 11.5 Å². The van der Waals surface area contributed by atoms with E-state index in [-0.39, 0.29) is 17.1 Å². The maximum atomic E-state index is 5.31. The molecule has 2 nitrogen and oxygen atoms in total. The Kier molecular flexibility index (Phi) is 10.2. The molecule has 0 heterocycles. The second-order valence-corrected chi connectivity index (χ2v) is 3.34. The summed E-state index contributed by atoms with van der Waals surface area (Å²) >= 11 is 0. The van der Waals surface area contributed by atoms with Crippen LogP contribution in [0.3, 0.4) is 0 Å². The normalized spacial score (nSPS) is 11.2. The second-order valence-electron chi connectivity index (χ2n) is 3.34. The zero-order valence-electron chi connectivity index (χ0n) is 10.8. The molecule has 3 heteroatoms. The van der Waals surface area contributed by atoms with Gasteiger partial charge in [-0.1, -0.05) is 6.07 Å². The van der Waals surface area contributed by atoms with Gasteiger partial charge in [0.25, 0.3) is 0 Å². The van der Waals surface area contributed by atoms with Crippen LogP contribution in [0.15, 0.2) is 42.5 Å². The predicted molar refractivity (Wildman–Crippen MR) is 70.4 cm³/mol. The summed E-state index contributed by atoms with van der Waals surface area (Å²) in [4.78, 5) is 0. The molecule has 0 spiro atoms. The summed E-state index contributed by atoms with van der Waals surface area (Å²) in [5.74, 6) is 1.73. The van der Waals surface area contributed by atoms with Gasteiger partial charge in [0.1, 0.15) is 11.5 Å². The van der Waals surface area contributed by atoms with E-state index in [4.69, 9.17) is 9.47 Å². The largest absolute Gasteiger partial charge is 0.494 e. The first kappa shape index (κ1) is 16.8. The van der Waals surface area contributed by atoms with Gasteiger partial charge in [-0.2, -0.15) is 6.08 Å². The van der Waals surface area contributed by atoms with Crippen LogP contribution in [-0.2, 0) is 17.1 Å². The number of benzene rings is 1. The van der Waals surface area contributed by atoms with E-state index in [1.54, 1.807) is 0 Å². The zero-order valence-corrected chi connectivity index (χ0v) is 11.9. The van der Waals surface area contributed by atoms with Crippen molar-refractivity contribution in [2.75, 3.05) is 13.2 Å². The molecule has 18 heavy (non-hydrogen) atoms. The minimum absolute atomic E-state index is 0. The smallest absolute Gasteiger partial charge is 0.122 e. The van der Waals surface area contributed by atoms with Gasteiger partial charge in [0.05, 0.1) is 13.2 Å². The van der Waals surface area contributed by atoms with E-state index < -0.39 is 0 Å². The van der Waals surface area contributed by atoms with Crippen LogP contribution in [0.1, 0.15) is 20.3 Å². The molecule has 0 aliphatic heterocycles. The fourth-order valence-electron chi connectivity index (χ4n) is 1.33. The first-order valence-corrected chi connectivity index (χ1v) is 5.94. The maximum absolute atomic E-state index is 5.31. The minimum Gasteiger partial charge on any atom is -0.494 e. The van der Waals surface area contributed by atoms with E-state index in [1.807, 2.05) is 50.3 Å². The molecule has 0 atom stereocenters. The molecular formula is C15H19FeO2-. The van der Waals surface area contributed by atoms with Gasteiger partial charge in [-0.3, -0.25) is 6.08 Å². The van der Waals surface area contributed by atoms with Crippen molar-refractivity contribution in [3.63, 3.8) is 0 Å². The van der Waals surface area contributed by atoms with Gasteiger partial charge < -0.3 is 9.47 Å². The van der Waals surface area contributed by atoms with Crippen LogP contribution < -0.4 is 9.47 Å². The van der Waals surface area contributed by atoms with Gasteiger partial charge in [0.15, 0.2) is 0 Å². The summed E-state index contributed by atoms with van der Waals surface area (Å²) in [6.45, 7) is 5.31. The van der Waals surface area contributed by atoms with Gasteiger partial charge in [-0.05, 0) is 26.0 Å². The van der Waals surface area contributed by atoms with Crippen LogP contribution in [0.2, 0.25) is 0 Å². The van der Waals surface area contributed by atoms with E-state index in [1.165, 1.54) is 0 Å². The van der Waals surface area contributed by atoms with Crippen LogP contribution >= 0.6 is 0 Å². The molecule has 100 valence electrons. The molecule has 0 amide bonds. The molecule has 2 rings (SSSR count). The van der Waals surface area contributed by atoms with Crippen LogP contribution in [0.4, 0.5) is 0 Å². The van der Waals surface area contributed by atoms with E-state index >= 15 is 0 Å². The van der Waals surface area contributed by atoms with E-state index in [9.17, 15) is 0 Å². The number of ether oxygens (including phenoxy) is 2. The molecule has 1 aliphatic carbocycles. The van der Waals surface area contributed by atoms with Crippen molar-refractivity contribution in [2.45, 2.75) is 20.3 Å².